The maximum Gasteiger partial charge on any atom is 0.230 e. The lowest BCUT2D eigenvalue weighted by Gasteiger charge is -2.26. The third-order valence-corrected chi connectivity index (χ3v) is 3.45. The Morgan fingerprint density at radius 2 is 2.00 bits per heavy atom. The van der Waals surface area contributed by atoms with Crippen molar-refractivity contribution in [2.45, 2.75) is 19.4 Å². The van der Waals surface area contributed by atoms with Crippen molar-refractivity contribution in [3.8, 4) is 0 Å². The fraction of sp³-hybridized carbons (Fsp3) is 0.333. The van der Waals surface area contributed by atoms with Crippen LogP contribution in [0, 0.1) is 0 Å². The molecule has 3 nitrogen and oxygen atoms in total. The van der Waals surface area contributed by atoms with Gasteiger partial charge >= 0.3 is 0 Å². The second kappa shape index (κ2) is 4.78. The molecule has 16 heavy (non-hydrogen) atoms. The number of carbonyl (C=O) groups is 2. The SMILES string of the molecule is O=C1CCN(Cc2ccccc2Br)C(=O)C1. The molecule has 1 aliphatic heterocycles. The topological polar surface area (TPSA) is 37.4 Å². The van der Waals surface area contributed by atoms with Gasteiger partial charge in [-0.15, -0.1) is 0 Å². The molecule has 0 spiro atoms. The summed E-state index contributed by atoms with van der Waals surface area (Å²) in [6.45, 7) is 1.12. The van der Waals surface area contributed by atoms with E-state index in [4.69, 9.17) is 0 Å². The van der Waals surface area contributed by atoms with Crippen molar-refractivity contribution < 1.29 is 9.59 Å². The first-order chi connectivity index (χ1) is 7.66. The summed E-state index contributed by atoms with van der Waals surface area (Å²) in [5.41, 5.74) is 1.07. The second-order valence-electron chi connectivity index (χ2n) is 3.87. The molecular formula is C12H12BrNO2. The zero-order chi connectivity index (χ0) is 11.5. The van der Waals surface area contributed by atoms with Crippen molar-refractivity contribution in [2.24, 2.45) is 0 Å². The molecule has 0 bridgehead atoms. The molecule has 1 saturated heterocycles. The summed E-state index contributed by atoms with van der Waals surface area (Å²) in [5.74, 6) is -0.0135. The molecule has 0 saturated carbocycles. The van der Waals surface area contributed by atoms with Crippen molar-refractivity contribution >= 4 is 27.6 Å². The Morgan fingerprint density at radius 3 is 2.69 bits per heavy atom. The molecule has 1 heterocycles. The first kappa shape index (κ1) is 11.3. The van der Waals surface area contributed by atoms with Crippen LogP contribution in [0.2, 0.25) is 0 Å². The Bertz CT molecular complexity index is 431. The summed E-state index contributed by atoms with van der Waals surface area (Å²) < 4.78 is 1.000. The Balaban J connectivity index is 2.08. The number of hydrogen-bond acceptors (Lipinski definition) is 2. The number of amides is 1. The Kier molecular flexibility index (Phi) is 3.39. The number of carbonyl (C=O) groups excluding carboxylic acids is 2. The number of hydrogen-bond donors (Lipinski definition) is 0. The quantitative estimate of drug-likeness (QED) is 0.779. The zero-order valence-corrected chi connectivity index (χ0v) is 10.4. The Hall–Kier alpha value is -1.16. The number of benzene rings is 1. The van der Waals surface area contributed by atoms with Gasteiger partial charge in [0.05, 0.1) is 6.42 Å². The minimum absolute atomic E-state index is 0.0494. The molecule has 0 radical (unpaired) electrons. The zero-order valence-electron chi connectivity index (χ0n) is 8.78. The van der Waals surface area contributed by atoms with Gasteiger partial charge in [0.25, 0.3) is 0 Å². The van der Waals surface area contributed by atoms with E-state index in [-0.39, 0.29) is 18.1 Å². The molecule has 1 amide bonds. The van der Waals surface area contributed by atoms with E-state index in [1.54, 1.807) is 4.90 Å². The van der Waals surface area contributed by atoms with Crippen LogP contribution in [0.25, 0.3) is 0 Å². The van der Waals surface area contributed by atoms with Gasteiger partial charge in [-0.2, -0.15) is 0 Å². The van der Waals surface area contributed by atoms with Gasteiger partial charge in [0.2, 0.25) is 5.91 Å². The average Bonchev–Trinajstić information content (AvgIpc) is 2.25. The molecule has 0 aliphatic carbocycles. The van der Waals surface area contributed by atoms with Gasteiger partial charge in [0.1, 0.15) is 5.78 Å². The van der Waals surface area contributed by atoms with Gasteiger partial charge in [-0.05, 0) is 11.6 Å². The molecule has 1 aromatic rings. The highest BCUT2D eigenvalue weighted by atomic mass is 79.9. The fourth-order valence-corrected chi connectivity index (χ4v) is 2.16. The summed E-state index contributed by atoms with van der Waals surface area (Å²) in [5, 5.41) is 0. The van der Waals surface area contributed by atoms with Crippen LogP contribution >= 0.6 is 15.9 Å². The Labute approximate surface area is 103 Å². The van der Waals surface area contributed by atoms with E-state index in [1.165, 1.54) is 0 Å². The van der Waals surface area contributed by atoms with E-state index in [9.17, 15) is 9.59 Å². The molecule has 0 N–H and O–H groups in total. The molecule has 4 heteroatoms. The summed E-state index contributed by atoms with van der Waals surface area (Å²) in [6.07, 6.45) is 0.542. The van der Waals surface area contributed by atoms with E-state index < -0.39 is 0 Å². The van der Waals surface area contributed by atoms with E-state index >= 15 is 0 Å². The van der Waals surface area contributed by atoms with Crippen LogP contribution < -0.4 is 0 Å². The standard InChI is InChI=1S/C12H12BrNO2/c13-11-4-2-1-3-9(11)8-14-6-5-10(15)7-12(14)16/h1-4H,5-8H2. The lowest BCUT2D eigenvalue weighted by Crippen LogP contribution is -2.38. The predicted octanol–water partition coefficient (Wildman–Crippen LogP) is 2.14. The number of likely N-dealkylation sites (tertiary alicyclic amines) is 1. The van der Waals surface area contributed by atoms with Crippen LogP contribution in [-0.4, -0.2) is 23.1 Å². The van der Waals surface area contributed by atoms with Crippen molar-refractivity contribution in [2.75, 3.05) is 6.54 Å². The molecule has 84 valence electrons. The summed E-state index contributed by atoms with van der Waals surface area (Å²) >= 11 is 3.45. The summed E-state index contributed by atoms with van der Waals surface area (Å²) in [4.78, 5) is 24.4. The normalized spacial score (nSPS) is 16.7. The second-order valence-corrected chi connectivity index (χ2v) is 4.73. The minimum atomic E-state index is -0.0630. The summed E-state index contributed by atoms with van der Waals surface area (Å²) in [6, 6.07) is 7.82. The lowest BCUT2D eigenvalue weighted by molar-refractivity contribution is -0.139. The number of Topliss-reactive ketones (excluding diaryl/α,β-unsaturated/α-hetero) is 1. The number of piperidine rings is 1. The van der Waals surface area contributed by atoms with Crippen molar-refractivity contribution in [1.29, 1.82) is 0 Å². The van der Waals surface area contributed by atoms with Gasteiger partial charge in [0, 0.05) is 24.0 Å². The largest absolute Gasteiger partial charge is 0.338 e. The molecule has 0 aromatic heterocycles. The molecule has 1 fully saturated rings. The molecule has 0 unspecified atom stereocenters. The Morgan fingerprint density at radius 1 is 1.25 bits per heavy atom. The van der Waals surface area contributed by atoms with Gasteiger partial charge in [0.15, 0.2) is 0 Å². The molecule has 0 atom stereocenters. The van der Waals surface area contributed by atoms with Crippen LogP contribution in [0.15, 0.2) is 28.7 Å². The highest BCUT2D eigenvalue weighted by Gasteiger charge is 2.23. The maximum absolute atomic E-state index is 11.6. The highest BCUT2D eigenvalue weighted by Crippen LogP contribution is 2.19. The van der Waals surface area contributed by atoms with Crippen molar-refractivity contribution in [1.82, 2.24) is 4.90 Å². The van der Waals surface area contributed by atoms with Crippen LogP contribution in [-0.2, 0) is 16.1 Å². The number of halogens is 1. The molecule has 1 aliphatic rings. The average molecular weight is 282 g/mol. The van der Waals surface area contributed by atoms with Gasteiger partial charge < -0.3 is 4.90 Å². The molecule has 2 rings (SSSR count). The lowest BCUT2D eigenvalue weighted by atomic mass is 10.1. The van der Waals surface area contributed by atoms with Gasteiger partial charge in [-0.3, -0.25) is 9.59 Å². The van der Waals surface area contributed by atoms with Gasteiger partial charge in [-0.1, -0.05) is 34.1 Å². The van der Waals surface area contributed by atoms with Crippen LogP contribution in [0.1, 0.15) is 18.4 Å². The maximum atomic E-state index is 11.6. The van der Waals surface area contributed by atoms with E-state index in [0.717, 1.165) is 10.0 Å². The van der Waals surface area contributed by atoms with Crippen molar-refractivity contribution in [3.05, 3.63) is 34.3 Å². The number of nitrogens with zero attached hydrogens (tertiary/aromatic N) is 1. The molecule has 1 aromatic carbocycles. The van der Waals surface area contributed by atoms with Gasteiger partial charge in [-0.25, -0.2) is 0 Å². The monoisotopic (exact) mass is 281 g/mol. The van der Waals surface area contributed by atoms with E-state index in [0.29, 0.717) is 19.5 Å². The third-order valence-electron chi connectivity index (χ3n) is 2.68. The fourth-order valence-electron chi connectivity index (χ4n) is 1.75. The third kappa shape index (κ3) is 2.50. The van der Waals surface area contributed by atoms with Crippen LogP contribution in [0.5, 0.6) is 0 Å². The minimum Gasteiger partial charge on any atom is -0.338 e. The first-order valence-corrected chi connectivity index (χ1v) is 5.99. The van der Waals surface area contributed by atoms with Crippen LogP contribution in [0.3, 0.4) is 0 Å². The van der Waals surface area contributed by atoms with Crippen LogP contribution in [0.4, 0.5) is 0 Å². The first-order valence-electron chi connectivity index (χ1n) is 5.19. The number of rotatable bonds is 2. The van der Waals surface area contributed by atoms with E-state index in [2.05, 4.69) is 15.9 Å². The van der Waals surface area contributed by atoms with E-state index in [1.807, 2.05) is 24.3 Å². The summed E-state index contributed by atoms with van der Waals surface area (Å²) in [7, 11) is 0. The predicted molar refractivity (Wildman–Crippen MR) is 63.8 cm³/mol. The number of ketones is 1. The molecular weight excluding hydrogens is 270 g/mol. The highest BCUT2D eigenvalue weighted by molar-refractivity contribution is 9.10. The van der Waals surface area contributed by atoms with Crippen molar-refractivity contribution in [3.63, 3.8) is 0 Å². The smallest absolute Gasteiger partial charge is 0.230 e.